The Morgan fingerprint density at radius 3 is 2.93 bits per heavy atom. The Hall–Kier alpha value is -1.34. The van der Waals surface area contributed by atoms with Crippen LogP contribution < -0.4 is 5.46 Å². The Labute approximate surface area is 81.3 Å². The van der Waals surface area contributed by atoms with E-state index in [0.717, 1.165) is 0 Å². The molecule has 6 nitrogen and oxygen atoms in total. The molecule has 0 aliphatic carbocycles. The molecule has 0 saturated heterocycles. The molecule has 0 aromatic carbocycles. The smallest absolute Gasteiger partial charge is 0.465 e. The summed E-state index contributed by atoms with van der Waals surface area (Å²) in [6.45, 7) is 2.00. The lowest BCUT2D eigenvalue weighted by atomic mass is 9.83. The van der Waals surface area contributed by atoms with Crippen LogP contribution in [0.3, 0.4) is 0 Å². The molecule has 7 heteroatoms. The lowest BCUT2D eigenvalue weighted by molar-refractivity contribution is -0.144. The standard InChI is InChI=1S/C7H11BN2O4/c1-2-14-7(11)5-10-4-6(3-9-10)8(12)13/h3-4,12-13H,2,5H2,1H3. The van der Waals surface area contributed by atoms with Crippen molar-refractivity contribution < 1.29 is 19.6 Å². The van der Waals surface area contributed by atoms with E-state index in [0.29, 0.717) is 6.61 Å². The fraction of sp³-hybridized carbons (Fsp3) is 0.429. The predicted octanol–water partition coefficient (Wildman–Crippen LogP) is -1.87. The van der Waals surface area contributed by atoms with Gasteiger partial charge in [-0.05, 0) is 6.92 Å². The number of carbonyl (C=O) groups is 1. The lowest BCUT2D eigenvalue weighted by Gasteiger charge is -2.00. The highest BCUT2D eigenvalue weighted by Gasteiger charge is 2.14. The second kappa shape index (κ2) is 4.78. The molecule has 1 rings (SSSR count). The van der Waals surface area contributed by atoms with E-state index in [9.17, 15) is 4.79 Å². The summed E-state index contributed by atoms with van der Waals surface area (Å²) in [4.78, 5) is 11.0. The summed E-state index contributed by atoms with van der Waals surface area (Å²) in [5.74, 6) is -0.408. The SMILES string of the molecule is CCOC(=O)Cn1cc(B(O)O)cn1. The Morgan fingerprint density at radius 2 is 2.43 bits per heavy atom. The first-order chi connectivity index (χ1) is 6.63. The van der Waals surface area contributed by atoms with E-state index < -0.39 is 13.1 Å². The molecule has 0 amide bonds. The van der Waals surface area contributed by atoms with Crippen molar-refractivity contribution in [3.63, 3.8) is 0 Å². The summed E-state index contributed by atoms with van der Waals surface area (Å²) < 4.78 is 5.98. The van der Waals surface area contributed by atoms with Crippen molar-refractivity contribution in [1.82, 2.24) is 9.78 Å². The van der Waals surface area contributed by atoms with Gasteiger partial charge in [0.15, 0.2) is 0 Å². The van der Waals surface area contributed by atoms with Crippen LogP contribution in [0.25, 0.3) is 0 Å². The van der Waals surface area contributed by atoms with Crippen LogP contribution in [0.5, 0.6) is 0 Å². The second-order valence-corrected chi connectivity index (χ2v) is 2.65. The van der Waals surface area contributed by atoms with Gasteiger partial charge in [0, 0.05) is 17.9 Å². The zero-order valence-electron chi connectivity index (χ0n) is 7.75. The van der Waals surface area contributed by atoms with Crippen molar-refractivity contribution in [2.45, 2.75) is 13.5 Å². The Morgan fingerprint density at radius 1 is 1.71 bits per heavy atom. The molecule has 1 aromatic rings. The number of rotatable bonds is 4. The molecule has 1 heterocycles. The van der Waals surface area contributed by atoms with Gasteiger partial charge in [-0.1, -0.05) is 0 Å². The van der Waals surface area contributed by atoms with Crippen molar-refractivity contribution in [1.29, 1.82) is 0 Å². The summed E-state index contributed by atoms with van der Waals surface area (Å²) in [6.07, 6.45) is 2.66. The number of esters is 1. The number of carbonyl (C=O) groups excluding carboxylic acids is 1. The van der Waals surface area contributed by atoms with E-state index in [1.165, 1.54) is 17.1 Å². The monoisotopic (exact) mass is 198 g/mol. The van der Waals surface area contributed by atoms with Crippen molar-refractivity contribution in [2.75, 3.05) is 6.61 Å². The first-order valence-corrected chi connectivity index (χ1v) is 4.17. The molecule has 0 aliphatic heterocycles. The average Bonchev–Trinajstić information content (AvgIpc) is 2.53. The van der Waals surface area contributed by atoms with Crippen molar-refractivity contribution in [3.05, 3.63) is 12.4 Å². The van der Waals surface area contributed by atoms with Gasteiger partial charge in [-0.15, -0.1) is 0 Å². The maximum absolute atomic E-state index is 11.0. The van der Waals surface area contributed by atoms with Crippen LogP contribution in [0.15, 0.2) is 12.4 Å². The molecule has 0 atom stereocenters. The minimum Gasteiger partial charge on any atom is -0.465 e. The molecule has 0 fully saturated rings. The van der Waals surface area contributed by atoms with Gasteiger partial charge in [-0.25, -0.2) is 0 Å². The van der Waals surface area contributed by atoms with Gasteiger partial charge in [0.1, 0.15) is 6.54 Å². The van der Waals surface area contributed by atoms with Gasteiger partial charge in [-0.2, -0.15) is 5.10 Å². The Kier molecular flexibility index (Phi) is 3.67. The van der Waals surface area contributed by atoms with Crippen LogP contribution in [-0.2, 0) is 16.1 Å². The highest BCUT2D eigenvalue weighted by Crippen LogP contribution is 1.87. The third-order valence-corrected chi connectivity index (χ3v) is 1.55. The molecule has 0 spiro atoms. The van der Waals surface area contributed by atoms with E-state index in [-0.39, 0.29) is 12.0 Å². The van der Waals surface area contributed by atoms with Crippen LogP contribution in [0.2, 0.25) is 0 Å². The van der Waals surface area contributed by atoms with Crippen molar-refractivity contribution in [2.24, 2.45) is 0 Å². The van der Waals surface area contributed by atoms with Gasteiger partial charge < -0.3 is 14.8 Å². The quantitative estimate of drug-likeness (QED) is 0.437. The van der Waals surface area contributed by atoms with Gasteiger partial charge in [0.25, 0.3) is 0 Å². The summed E-state index contributed by atoms with van der Waals surface area (Å²) in [6, 6.07) is 0. The molecule has 1 aromatic heterocycles. The largest absolute Gasteiger partial charge is 0.491 e. The van der Waals surface area contributed by atoms with Gasteiger partial charge in [0.05, 0.1) is 6.61 Å². The molecule has 14 heavy (non-hydrogen) atoms. The first-order valence-electron chi connectivity index (χ1n) is 4.17. The van der Waals surface area contributed by atoms with Gasteiger partial charge in [0.2, 0.25) is 0 Å². The van der Waals surface area contributed by atoms with Crippen LogP contribution >= 0.6 is 0 Å². The normalized spacial score (nSPS) is 9.93. The maximum Gasteiger partial charge on any atom is 0.491 e. The highest BCUT2D eigenvalue weighted by atomic mass is 16.5. The van der Waals surface area contributed by atoms with Crippen molar-refractivity contribution in [3.8, 4) is 0 Å². The molecule has 2 N–H and O–H groups in total. The Balaban J connectivity index is 2.55. The third kappa shape index (κ3) is 2.86. The predicted molar refractivity (Wildman–Crippen MR) is 48.7 cm³/mol. The molecule has 0 aliphatic rings. The topological polar surface area (TPSA) is 84.6 Å². The number of nitrogens with zero attached hydrogens (tertiary/aromatic N) is 2. The summed E-state index contributed by atoms with van der Waals surface area (Å²) in [5.41, 5.74) is 0.245. The molecule has 0 unspecified atom stereocenters. The van der Waals surface area contributed by atoms with Crippen LogP contribution in [-0.4, -0.2) is 39.5 Å². The van der Waals surface area contributed by atoms with Gasteiger partial charge in [-0.3, -0.25) is 9.48 Å². The summed E-state index contributed by atoms with van der Waals surface area (Å²) in [7, 11) is -1.56. The first kappa shape index (κ1) is 10.7. The summed E-state index contributed by atoms with van der Waals surface area (Å²) in [5, 5.41) is 21.3. The molecular weight excluding hydrogens is 187 g/mol. The third-order valence-electron chi connectivity index (χ3n) is 1.55. The number of hydrogen-bond donors (Lipinski definition) is 2. The fourth-order valence-electron chi connectivity index (χ4n) is 0.938. The van der Waals surface area contributed by atoms with Crippen molar-refractivity contribution >= 4 is 18.6 Å². The highest BCUT2D eigenvalue weighted by molar-refractivity contribution is 6.58. The lowest BCUT2D eigenvalue weighted by Crippen LogP contribution is -2.28. The van der Waals surface area contributed by atoms with E-state index in [4.69, 9.17) is 14.8 Å². The maximum atomic E-state index is 11.0. The minimum absolute atomic E-state index is 0.0272. The fourth-order valence-corrected chi connectivity index (χ4v) is 0.938. The number of hydrogen-bond acceptors (Lipinski definition) is 5. The van der Waals surface area contributed by atoms with E-state index >= 15 is 0 Å². The molecule has 0 bridgehead atoms. The Bertz CT molecular complexity index is 312. The van der Waals surface area contributed by atoms with E-state index in [2.05, 4.69) is 5.10 Å². The second-order valence-electron chi connectivity index (χ2n) is 2.65. The zero-order chi connectivity index (χ0) is 10.6. The van der Waals surface area contributed by atoms with Crippen LogP contribution in [0.4, 0.5) is 0 Å². The van der Waals surface area contributed by atoms with E-state index in [1.54, 1.807) is 6.92 Å². The molecular formula is C7H11BN2O4. The van der Waals surface area contributed by atoms with Crippen LogP contribution in [0, 0.1) is 0 Å². The van der Waals surface area contributed by atoms with Gasteiger partial charge >= 0.3 is 13.1 Å². The summed E-state index contributed by atoms with van der Waals surface area (Å²) >= 11 is 0. The minimum atomic E-state index is -1.56. The van der Waals surface area contributed by atoms with Crippen LogP contribution in [0.1, 0.15) is 6.92 Å². The number of ether oxygens (including phenoxy) is 1. The molecule has 0 saturated carbocycles. The molecule has 76 valence electrons. The zero-order valence-corrected chi connectivity index (χ0v) is 7.75. The number of aromatic nitrogens is 2. The average molecular weight is 198 g/mol. The molecule has 0 radical (unpaired) electrons. The van der Waals surface area contributed by atoms with E-state index in [1.807, 2.05) is 0 Å².